The Hall–Kier alpha value is -0.570. The summed E-state index contributed by atoms with van der Waals surface area (Å²) in [7, 11) is 0. The van der Waals surface area contributed by atoms with Crippen LogP contribution in [0.4, 0.5) is 0 Å². The molecule has 0 spiro atoms. The molecule has 86 valence electrons. The summed E-state index contributed by atoms with van der Waals surface area (Å²) in [6.07, 6.45) is 3.53. The van der Waals surface area contributed by atoms with Gasteiger partial charge in [-0.1, -0.05) is 13.8 Å². The molecule has 1 N–H and O–H groups in total. The van der Waals surface area contributed by atoms with Gasteiger partial charge in [0.25, 0.3) is 0 Å². The Balaban J connectivity index is 1.96. The van der Waals surface area contributed by atoms with E-state index in [-0.39, 0.29) is 5.92 Å². The minimum Gasteiger partial charge on any atom is -0.339 e. The van der Waals surface area contributed by atoms with Gasteiger partial charge in [0.05, 0.1) is 5.92 Å². The minimum atomic E-state index is 0.233. The van der Waals surface area contributed by atoms with Gasteiger partial charge < -0.3 is 10.2 Å². The smallest absolute Gasteiger partial charge is 0.227 e. The molecule has 2 aliphatic rings. The molecule has 1 saturated heterocycles. The monoisotopic (exact) mass is 210 g/mol. The molecule has 1 amide bonds. The molecular formula is C12H22N2O. The first kappa shape index (κ1) is 10.9. The average molecular weight is 210 g/mol. The molecule has 0 unspecified atom stereocenters. The van der Waals surface area contributed by atoms with E-state index < -0.39 is 0 Å². The van der Waals surface area contributed by atoms with E-state index >= 15 is 0 Å². The van der Waals surface area contributed by atoms with E-state index in [0.717, 1.165) is 26.1 Å². The molecule has 2 atom stereocenters. The number of hydrogen-bond donors (Lipinski definition) is 1. The van der Waals surface area contributed by atoms with Crippen LogP contribution in [0.15, 0.2) is 0 Å². The van der Waals surface area contributed by atoms with Crippen LogP contribution in [-0.2, 0) is 4.79 Å². The van der Waals surface area contributed by atoms with Crippen molar-refractivity contribution in [3.8, 4) is 0 Å². The molecule has 3 heteroatoms. The van der Waals surface area contributed by atoms with Gasteiger partial charge in [0.15, 0.2) is 0 Å². The maximum atomic E-state index is 12.3. The van der Waals surface area contributed by atoms with Crippen molar-refractivity contribution in [1.29, 1.82) is 0 Å². The second-order valence-electron chi connectivity index (χ2n) is 5.00. The minimum absolute atomic E-state index is 0.233. The second kappa shape index (κ2) is 4.52. The maximum Gasteiger partial charge on any atom is 0.227 e. The number of nitrogens with zero attached hydrogens (tertiary/aromatic N) is 1. The molecule has 0 aromatic carbocycles. The van der Waals surface area contributed by atoms with Crippen molar-refractivity contribution in [2.45, 2.75) is 39.2 Å². The van der Waals surface area contributed by atoms with Crippen LogP contribution in [0.25, 0.3) is 0 Å². The van der Waals surface area contributed by atoms with Crippen molar-refractivity contribution in [3.05, 3.63) is 0 Å². The van der Waals surface area contributed by atoms with Crippen LogP contribution in [0.3, 0.4) is 0 Å². The molecule has 0 aromatic heterocycles. The summed E-state index contributed by atoms with van der Waals surface area (Å²) in [6.45, 7) is 7.17. The molecule has 0 bridgehead atoms. The molecule has 2 fully saturated rings. The fourth-order valence-corrected chi connectivity index (χ4v) is 2.45. The Bertz CT molecular complexity index is 238. The molecule has 0 radical (unpaired) electrons. The first-order valence-electron chi connectivity index (χ1n) is 6.25. The van der Waals surface area contributed by atoms with Crippen LogP contribution in [0.2, 0.25) is 0 Å². The van der Waals surface area contributed by atoms with E-state index in [1.54, 1.807) is 0 Å². The van der Waals surface area contributed by atoms with Gasteiger partial charge in [0.2, 0.25) is 5.91 Å². The largest absolute Gasteiger partial charge is 0.339 e. The predicted octanol–water partition coefficient (Wildman–Crippen LogP) is 1.24. The lowest BCUT2D eigenvalue weighted by molar-refractivity contribution is -0.136. The summed E-state index contributed by atoms with van der Waals surface area (Å²) < 4.78 is 0. The molecule has 0 aromatic rings. The Morgan fingerprint density at radius 3 is 2.60 bits per heavy atom. The van der Waals surface area contributed by atoms with Crippen molar-refractivity contribution in [2.24, 2.45) is 11.8 Å². The zero-order valence-corrected chi connectivity index (χ0v) is 9.83. The average Bonchev–Trinajstić information content (AvgIpc) is 2.97. The van der Waals surface area contributed by atoms with Gasteiger partial charge in [-0.05, 0) is 31.7 Å². The molecule has 1 aliphatic carbocycles. The van der Waals surface area contributed by atoms with Crippen molar-refractivity contribution in [3.63, 3.8) is 0 Å². The summed E-state index contributed by atoms with van der Waals surface area (Å²) >= 11 is 0. The number of nitrogens with one attached hydrogen (secondary N) is 1. The fraction of sp³-hybridized carbons (Fsp3) is 0.917. The van der Waals surface area contributed by atoms with Gasteiger partial charge in [-0.2, -0.15) is 0 Å². The number of amides is 1. The van der Waals surface area contributed by atoms with E-state index in [9.17, 15) is 4.79 Å². The Kier molecular flexibility index (Phi) is 3.29. The van der Waals surface area contributed by atoms with Gasteiger partial charge in [-0.3, -0.25) is 4.79 Å². The first-order chi connectivity index (χ1) is 7.24. The van der Waals surface area contributed by atoms with E-state index in [1.165, 1.54) is 12.8 Å². The molecule has 1 heterocycles. The van der Waals surface area contributed by atoms with Gasteiger partial charge in [0.1, 0.15) is 0 Å². The molecule has 3 nitrogen and oxygen atoms in total. The third kappa shape index (κ3) is 2.33. The number of carbonyl (C=O) groups is 1. The predicted molar refractivity (Wildman–Crippen MR) is 60.5 cm³/mol. The van der Waals surface area contributed by atoms with Crippen molar-refractivity contribution >= 4 is 5.91 Å². The highest BCUT2D eigenvalue weighted by Crippen LogP contribution is 2.30. The summed E-state index contributed by atoms with van der Waals surface area (Å²) in [5, 5.41) is 3.31. The van der Waals surface area contributed by atoms with E-state index in [1.807, 2.05) is 0 Å². The normalized spacial score (nSPS) is 30.5. The van der Waals surface area contributed by atoms with E-state index in [4.69, 9.17) is 0 Å². The molecule has 1 aliphatic heterocycles. The van der Waals surface area contributed by atoms with Crippen molar-refractivity contribution in [1.82, 2.24) is 10.2 Å². The lowest BCUT2D eigenvalue weighted by Gasteiger charge is -2.26. The molecule has 2 rings (SSSR count). The first-order valence-corrected chi connectivity index (χ1v) is 6.25. The summed E-state index contributed by atoms with van der Waals surface area (Å²) in [5.41, 5.74) is 0. The van der Waals surface area contributed by atoms with Crippen molar-refractivity contribution < 1.29 is 4.79 Å². The fourth-order valence-electron chi connectivity index (χ4n) is 2.45. The quantitative estimate of drug-likeness (QED) is 0.757. The van der Waals surface area contributed by atoms with Gasteiger partial charge in [0, 0.05) is 19.1 Å². The third-order valence-electron chi connectivity index (χ3n) is 3.57. The number of hydrogen-bond acceptors (Lipinski definition) is 2. The highest BCUT2D eigenvalue weighted by Gasteiger charge is 2.38. The van der Waals surface area contributed by atoms with Crippen LogP contribution < -0.4 is 5.32 Å². The van der Waals surface area contributed by atoms with E-state index in [0.29, 0.717) is 17.9 Å². The highest BCUT2D eigenvalue weighted by molar-refractivity contribution is 5.80. The van der Waals surface area contributed by atoms with Crippen LogP contribution in [0.1, 0.15) is 33.1 Å². The second-order valence-corrected chi connectivity index (χ2v) is 5.00. The van der Waals surface area contributed by atoms with Crippen molar-refractivity contribution in [2.75, 3.05) is 19.6 Å². The number of rotatable bonds is 4. The Morgan fingerprint density at radius 2 is 2.13 bits per heavy atom. The Labute approximate surface area is 92.2 Å². The third-order valence-corrected chi connectivity index (χ3v) is 3.57. The molecule has 1 saturated carbocycles. The Morgan fingerprint density at radius 1 is 1.40 bits per heavy atom. The van der Waals surface area contributed by atoms with Gasteiger partial charge in [-0.25, -0.2) is 0 Å². The lowest BCUT2D eigenvalue weighted by Crippen LogP contribution is -2.40. The number of carbonyl (C=O) groups excluding carboxylic acids is 1. The summed E-state index contributed by atoms with van der Waals surface area (Å²) in [6, 6.07) is 0.574. The lowest BCUT2D eigenvalue weighted by atomic mass is 9.96. The zero-order chi connectivity index (χ0) is 10.8. The summed E-state index contributed by atoms with van der Waals surface area (Å²) in [5.74, 6) is 1.14. The van der Waals surface area contributed by atoms with Crippen LogP contribution in [0, 0.1) is 11.8 Å². The van der Waals surface area contributed by atoms with Crippen LogP contribution in [-0.4, -0.2) is 36.5 Å². The standard InChI is InChI=1S/C12H22N2O/c1-3-6-14(10-4-5-10)12(15)11-8-13-7-9(11)2/h9-11,13H,3-8H2,1-2H3/t9-,11-/m1/s1. The van der Waals surface area contributed by atoms with Gasteiger partial charge >= 0.3 is 0 Å². The maximum absolute atomic E-state index is 12.3. The molecular weight excluding hydrogens is 188 g/mol. The van der Waals surface area contributed by atoms with Crippen LogP contribution in [0.5, 0.6) is 0 Å². The SMILES string of the molecule is CCCN(C(=O)[C@@H]1CNC[C@H]1C)C1CC1. The molecule has 15 heavy (non-hydrogen) atoms. The van der Waals surface area contributed by atoms with E-state index in [2.05, 4.69) is 24.1 Å². The highest BCUT2D eigenvalue weighted by atomic mass is 16.2. The van der Waals surface area contributed by atoms with Gasteiger partial charge in [-0.15, -0.1) is 0 Å². The zero-order valence-electron chi connectivity index (χ0n) is 9.83. The van der Waals surface area contributed by atoms with Crippen LogP contribution >= 0.6 is 0 Å². The summed E-state index contributed by atoms with van der Waals surface area (Å²) in [4.78, 5) is 14.4. The topological polar surface area (TPSA) is 32.3 Å².